The molecule has 0 saturated carbocycles. The van der Waals surface area contributed by atoms with Crippen LogP contribution in [0.15, 0.2) is 51.9 Å². The zero-order valence-electron chi connectivity index (χ0n) is 20.5. The SMILES string of the molecule is Cc1oc(-c2ccc(Cl)c(F)c2)nc1CSc1nc(N)c(C#N)c(-c2ccc(OC[C@H](O)CO)cc2)c1C#N. The van der Waals surface area contributed by atoms with Gasteiger partial charge in [0.2, 0.25) is 5.89 Å². The average molecular weight is 566 g/mol. The fourth-order valence-corrected chi connectivity index (χ4v) is 4.72. The van der Waals surface area contributed by atoms with Gasteiger partial charge in [0, 0.05) is 16.9 Å². The first-order chi connectivity index (χ1) is 18.7. The number of nitriles is 2. The number of aryl methyl sites for hydroxylation is 1. The van der Waals surface area contributed by atoms with Gasteiger partial charge in [-0.3, -0.25) is 0 Å². The van der Waals surface area contributed by atoms with Crippen LogP contribution in [0.1, 0.15) is 22.6 Å². The molecule has 4 rings (SSSR count). The number of pyridine rings is 1. The molecule has 0 aliphatic rings. The number of rotatable bonds is 9. The number of halogens is 2. The molecule has 0 unspecified atom stereocenters. The standard InChI is InChI=1S/C27H21ClFN5O4S/c1-14-23(33-26(38-14)16-4-7-21(28)22(29)8-16)13-39-27-20(10-31)24(19(9-30)25(32)34-27)15-2-5-18(6-3-15)37-12-17(36)11-35/h2-8,17,35-36H,11-13H2,1H3,(H2,32,34)/t17-/m1/s1. The van der Waals surface area contributed by atoms with Gasteiger partial charge in [-0.25, -0.2) is 14.4 Å². The molecule has 0 aliphatic carbocycles. The zero-order valence-corrected chi connectivity index (χ0v) is 22.1. The van der Waals surface area contributed by atoms with Gasteiger partial charge in [0.25, 0.3) is 0 Å². The molecule has 4 N–H and O–H groups in total. The summed E-state index contributed by atoms with van der Waals surface area (Å²) in [4.78, 5) is 8.77. The number of nitrogen functional groups attached to an aromatic ring is 1. The van der Waals surface area contributed by atoms with Gasteiger partial charge in [-0.2, -0.15) is 10.5 Å². The van der Waals surface area contributed by atoms with Crippen molar-refractivity contribution in [2.24, 2.45) is 0 Å². The van der Waals surface area contributed by atoms with Crippen LogP contribution in [-0.4, -0.2) is 39.5 Å². The third-order valence-electron chi connectivity index (χ3n) is 5.62. The van der Waals surface area contributed by atoms with Gasteiger partial charge in [-0.1, -0.05) is 35.5 Å². The summed E-state index contributed by atoms with van der Waals surface area (Å²) >= 11 is 6.96. The van der Waals surface area contributed by atoms with E-state index in [1.807, 2.05) is 6.07 Å². The highest BCUT2D eigenvalue weighted by Crippen LogP contribution is 2.37. The van der Waals surface area contributed by atoms with Crippen molar-refractivity contribution >= 4 is 29.2 Å². The molecule has 2 aromatic carbocycles. The van der Waals surface area contributed by atoms with Crippen LogP contribution in [0.5, 0.6) is 5.75 Å². The maximum Gasteiger partial charge on any atom is 0.226 e. The average Bonchev–Trinajstić information content (AvgIpc) is 3.32. The van der Waals surface area contributed by atoms with Crippen molar-refractivity contribution < 1.29 is 23.8 Å². The Morgan fingerprint density at radius 2 is 1.82 bits per heavy atom. The van der Waals surface area contributed by atoms with Gasteiger partial charge in [-0.15, -0.1) is 0 Å². The molecule has 2 heterocycles. The van der Waals surface area contributed by atoms with E-state index in [1.54, 1.807) is 37.3 Å². The second kappa shape index (κ2) is 12.2. The van der Waals surface area contributed by atoms with E-state index in [2.05, 4.69) is 16.0 Å². The molecule has 12 heteroatoms. The normalized spacial score (nSPS) is 11.6. The number of hydrogen-bond acceptors (Lipinski definition) is 10. The highest BCUT2D eigenvalue weighted by atomic mass is 35.5. The number of anilines is 1. The number of benzene rings is 2. The number of thioether (sulfide) groups is 1. The van der Waals surface area contributed by atoms with Crippen molar-refractivity contribution in [2.45, 2.75) is 23.8 Å². The van der Waals surface area contributed by atoms with Gasteiger partial charge < -0.3 is 25.1 Å². The number of ether oxygens (including phenoxy) is 1. The Labute approximate surface area is 232 Å². The molecule has 198 valence electrons. The lowest BCUT2D eigenvalue weighted by Gasteiger charge is -2.14. The Kier molecular flexibility index (Phi) is 8.69. The molecule has 0 fully saturated rings. The number of aliphatic hydroxyl groups is 2. The van der Waals surface area contributed by atoms with Crippen molar-refractivity contribution in [3.05, 3.63) is 75.9 Å². The van der Waals surface area contributed by atoms with Crippen molar-refractivity contribution in [1.82, 2.24) is 9.97 Å². The second-order valence-corrected chi connectivity index (χ2v) is 9.63. The number of aliphatic hydroxyl groups excluding tert-OH is 2. The monoisotopic (exact) mass is 565 g/mol. The highest BCUT2D eigenvalue weighted by Gasteiger charge is 2.22. The number of nitrogens with two attached hydrogens (primary N) is 1. The van der Waals surface area contributed by atoms with Crippen molar-refractivity contribution in [1.29, 1.82) is 10.5 Å². The van der Waals surface area contributed by atoms with Crippen LogP contribution >= 0.6 is 23.4 Å². The van der Waals surface area contributed by atoms with Crippen molar-refractivity contribution in [3.63, 3.8) is 0 Å². The fourth-order valence-electron chi connectivity index (χ4n) is 3.61. The maximum atomic E-state index is 13.9. The topological polar surface area (TPSA) is 162 Å². The minimum absolute atomic E-state index is 0.00946. The highest BCUT2D eigenvalue weighted by molar-refractivity contribution is 7.98. The number of aromatic nitrogens is 2. The van der Waals surface area contributed by atoms with E-state index >= 15 is 0 Å². The van der Waals surface area contributed by atoms with Crippen molar-refractivity contribution in [3.8, 4) is 40.5 Å². The van der Waals surface area contributed by atoms with Crippen LogP contribution in [0, 0.1) is 35.4 Å². The molecule has 0 amide bonds. The van der Waals surface area contributed by atoms with Gasteiger partial charge in [0.15, 0.2) is 0 Å². The van der Waals surface area contributed by atoms with E-state index in [4.69, 9.17) is 31.6 Å². The molecule has 1 atom stereocenters. The zero-order chi connectivity index (χ0) is 28.1. The summed E-state index contributed by atoms with van der Waals surface area (Å²) in [5.74, 6) is 0.799. The minimum atomic E-state index is -1.02. The number of oxazole rings is 1. The molecule has 2 aromatic heterocycles. The lowest BCUT2D eigenvalue weighted by molar-refractivity contribution is 0.0536. The molecule has 4 aromatic rings. The van der Waals surface area contributed by atoms with Crippen molar-refractivity contribution in [2.75, 3.05) is 18.9 Å². The van der Waals surface area contributed by atoms with Crippen LogP contribution in [0.3, 0.4) is 0 Å². The lowest BCUT2D eigenvalue weighted by Crippen LogP contribution is -2.21. The first-order valence-electron chi connectivity index (χ1n) is 11.5. The van der Waals surface area contributed by atoms with E-state index < -0.39 is 18.5 Å². The third kappa shape index (κ3) is 6.14. The van der Waals surface area contributed by atoms with Gasteiger partial charge in [0.05, 0.1) is 22.9 Å². The van der Waals surface area contributed by atoms with E-state index in [0.717, 1.165) is 0 Å². The van der Waals surface area contributed by atoms with Gasteiger partial charge >= 0.3 is 0 Å². The first-order valence-corrected chi connectivity index (χ1v) is 12.8. The summed E-state index contributed by atoms with van der Waals surface area (Å²) in [6.45, 7) is 1.20. The summed E-state index contributed by atoms with van der Waals surface area (Å²) in [7, 11) is 0. The van der Waals surface area contributed by atoms with Gasteiger partial charge in [-0.05, 0) is 42.8 Å². The predicted octanol–water partition coefficient (Wildman–Crippen LogP) is 4.85. The molecule has 0 spiro atoms. The molecule has 0 bridgehead atoms. The smallest absolute Gasteiger partial charge is 0.226 e. The molecule has 9 nitrogen and oxygen atoms in total. The molecule has 0 radical (unpaired) electrons. The Balaban J connectivity index is 1.63. The summed E-state index contributed by atoms with van der Waals surface area (Å²) in [6, 6.07) is 15.0. The Bertz CT molecular complexity index is 1600. The Morgan fingerprint density at radius 3 is 2.46 bits per heavy atom. The minimum Gasteiger partial charge on any atom is -0.491 e. The molecule has 39 heavy (non-hydrogen) atoms. The molecule has 0 saturated heterocycles. The molecular weight excluding hydrogens is 545 g/mol. The second-order valence-electron chi connectivity index (χ2n) is 8.26. The van der Waals surface area contributed by atoms with Crippen LogP contribution in [0.2, 0.25) is 5.02 Å². The predicted molar refractivity (Wildman–Crippen MR) is 143 cm³/mol. The van der Waals surface area contributed by atoms with E-state index in [-0.39, 0.29) is 40.2 Å². The summed E-state index contributed by atoms with van der Waals surface area (Å²) in [6.07, 6.45) is -1.02. The molecule has 0 aliphatic heterocycles. The Morgan fingerprint density at radius 1 is 1.13 bits per heavy atom. The summed E-state index contributed by atoms with van der Waals surface area (Å²) in [5.41, 5.74) is 8.19. The largest absolute Gasteiger partial charge is 0.491 e. The first kappa shape index (κ1) is 27.9. The van der Waals surface area contributed by atoms with Crippen LogP contribution in [-0.2, 0) is 5.75 Å². The Hall–Kier alpha value is -4.13. The van der Waals surface area contributed by atoms with Gasteiger partial charge in [0.1, 0.15) is 58.6 Å². The molecular formula is C27H21ClFN5O4S. The summed E-state index contributed by atoms with van der Waals surface area (Å²) in [5, 5.41) is 38.5. The van der Waals surface area contributed by atoms with E-state index in [0.29, 0.717) is 38.9 Å². The quantitative estimate of drug-likeness (QED) is 0.239. The van der Waals surface area contributed by atoms with E-state index in [1.165, 1.54) is 23.9 Å². The number of hydrogen-bond donors (Lipinski definition) is 3. The van der Waals surface area contributed by atoms with E-state index in [9.17, 15) is 20.0 Å². The van der Waals surface area contributed by atoms with Crippen LogP contribution in [0.4, 0.5) is 10.2 Å². The summed E-state index contributed by atoms with van der Waals surface area (Å²) < 4.78 is 25.1. The lowest BCUT2D eigenvalue weighted by atomic mass is 9.97. The number of nitrogens with zero attached hydrogens (tertiary/aromatic N) is 4. The van der Waals surface area contributed by atoms with Crippen LogP contribution < -0.4 is 10.5 Å². The third-order valence-corrected chi connectivity index (χ3v) is 6.91. The maximum absolute atomic E-state index is 13.9. The fraction of sp³-hybridized carbons (Fsp3) is 0.185. The van der Waals surface area contributed by atoms with Crippen LogP contribution in [0.25, 0.3) is 22.6 Å².